The molecule has 1 unspecified atom stereocenters. The molecule has 0 amide bonds. The number of hydrogen-bond acceptors (Lipinski definition) is 4. The van der Waals surface area contributed by atoms with Gasteiger partial charge in [0.15, 0.2) is 0 Å². The number of rotatable bonds is 7. The van der Waals surface area contributed by atoms with Gasteiger partial charge in [0.1, 0.15) is 5.54 Å². The van der Waals surface area contributed by atoms with Crippen LogP contribution in [0.3, 0.4) is 0 Å². The van der Waals surface area contributed by atoms with Gasteiger partial charge >= 0.3 is 5.97 Å². The van der Waals surface area contributed by atoms with Gasteiger partial charge in [-0.25, -0.2) is 4.79 Å². The van der Waals surface area contributed by atoms with Crippen molar-refractivity contribution in [2.45, 2.75) is 59.0 Å². The van der Waals surface area contributed by atoms with Gasteiger partial charge in [0.05, 0.1) is 18.8 Å². The minimum absolute atomic E-state index is 0.152. The maximum atomic E-state index is 12.5. The van der Waals surface area contributed by atoms with E-state index in [1.165, 1.54) is 5.56 Å². The molecule has 1 aliphatic rings. The van der Waals surface area contributed by atoms with E-state index in [-0.39, 0.29) is 5.97 Å². The van der Waals surface area contributed by atoms with E-state index in [0.29, 0.717) is 19.1 Å². The summed E-state index contributed by atoms with van der Waals surface area (Å²) in [7, 11) is 1.85. The molecule has 0 bridgehead atoms. The largest absolute Gasteiger partial charge is 0.465 e. The highest BCUT2D eigenvalue weighted by Gasteiger charge is 2.51. The molecule has 1 aromatic rings. The number of aromatic nitrogens is 2. The fraction of sp³-hybridized carbons (Fsp3) is 0.750. The van der Waals surface area contributed by atoms with E-state index in [0.717, 1.165) is 30.7 Å². The number of nitrogens with zero attached hydrogens (tertiary/aromatic N) is 2. The van der Waals surface area contributed by atoms with Crippen LogP contribution in [0.25, 0.3) is 0 Å². The van der Waals surface area contributed by atoms with Crippen molar-refractivity contribution in [2.75, 3.05) is 13.7 Å². The lowest BCUT2D eigenvalue weighted by Gasteiger charge is -2.31. The lowest BCUT2D eigenvalue weighted by molar-refractivity contribution is -0.153. The fourth-order valence-electron chi connectivity index (χ4n) is 3.22. The number of carbonyl (C=O) groups excluding carboxylic acids is 1. The number of carbonyl (C=O) groups is 1. The van der Waals surface area contributed by atoms with Gasteiger partial charge in [-0.15, -0.1) is 0 Å². The van der Waals surface area contributed by atoms with Crippen molar-refractivity contribution in [3.63, 3.8) is 0 Å². The Morgan fingerprint density at radius 3 is 2.52 bits per heavy atom. The Morgan fingerprint density at radius 2 is 2.10 bits per heavy atom. The van der Waals surface area contributed by atoms with Crippen molar-refractivity contribution in [3.8, 4) is 0 Å². The molecule has 21 heavy (non-hydrogen) atoms. The highest BCUT2D eigenvalue weighted by atomic mass is 16.5. The maximum absolute atomic E-state index is 12.5. The first-order chi connectivity index (χ1) is 10.00. The summed E-state index contributed by atoms with van der Waals surface area (Å²) >= 11 is 0. The Hall–Kier alpha value is -1.36. The highest BCUT2D eigenvalue weighted by molar-refractivity contribution is 5.81. The van der Waals surface area contributed by atoms with Crippen LogP contribution >= 0.6 is 0 Å². The molecule has 1 atom stereocenters. The Balaban J connectivity index is 2.33. The van der Waals surface area contributed by atoms with E-state index in [4.69, 9.17) is 4.74 Å². The number of likely N-dealkylation sites (N-methyl/N-ethyl adjacent to an activating group) is 1. The molecule has 118 valence electrons. The third-order valence-electron chi connectivity index (χ3n) is 4.64. The standard InChI is InChI=1S/C16H27N3O2/c1-6-14-11(3)18-19(12(14)4)10-16(17-5,13-8-9-13)15(20)21-7-2/h13,17H,6-10H2,1-5H3. The molecule has 2 rings (SSSR count). The first-order valence-corrected chi connectivity index (χ1v) is 7.89. The minimum Gasteiger partial charge on any atom is -0.465 e. The van der Waals surface area contributed by atoms with Crippen LogP contribution < -0.4 is 5.32 Å². The fourth-order valence-corrected chi connectivity index (χ4v) is 3.22. The molecule has 0 aromatic carbocycles. The summed E-state index contributed by atoms with van der Waals surface area (Å²) in [6.45, 7) is 9.05. The van der Waals surface area contributed by atoms with Crippen molar-refractivity contribution < 1.29 is 9.53 Å². The van der Waals surface area contributed by atoms with E-state index in [1.807, 2.05) is 25.6 Å². The van der Waals surface area contributed by atoms with E-state index >= 15 is 0 Å². The normalized spacial score (nSPS) is 17.6. The lowest BCUT2D eigenvalue weighted by Crippen LogP contribution is -2.56. The molecule has 1 saturated carbocycles. The van der Waals surface area contributed by atoms with Crippen LogP contribution in [0.5, 0.6) is 0 Å². The van der Waals surface area contributed by atoms with Gasteiger partial charge in [0.2, 0.25) is 0 Å². The Bertz CT molecular complexity index is 520. The Kier molecular flexibility index (Phi) is 4.71. The summed E-state index contributed by atoms with van der Waals surface area (Å²) in [5.74, 6) is 0.191. The Morgan fingerprint density at radius 1 is 1.43 bits per heavy atom. The predicted octanol–water partition coefficient (Wildman–Crippen LogP) is 1.99. The van der Waals surface area contributed by atoms with Gasteiger partial charge in [-0.3, -0.25) is 4.68 Å². The number of hydrogen-bond donors (Lipinski definition) is 1. The quantitative estimate of drug-likeness (QED) is 0.781. The van der Waals surface area contributed by atoms with Crippen LogP contribution in [0.15, 0.2) is 0 Å². The summed E-state index contributed by atoms with van der Waals surface area (Å²) < 4.78 is 7.30. The van der Waals surface area contributed by atoms with Gasteiger partial charge < -0.3 is 10.1 Å². The molecule has 1 heterocycles. The summed E-state index contributed by atoms with van der Waals surface area (Å²) in [5.41, 5.74) is 2.84. The average molecular weight is 293 g/mol. The van der Waals surface area contributed by atoms with Gasteiger partial charge in [-0.1, -0.05) is 6.92 Å². The first kappa shape index (κ1) is 16.0. The molecule has 0 aliphatic heterocycles. The molecule has 0 radical (unpaired) electrons. The van der Waals surface area contributed by atoms with Gasteiger partial charge in [-0.2, -0.15) is 5.10 Å². The minimum atomic E-state index is -0.649. The van der Waals surface area contributed by atoms with Crippen molar-refractivity contribution in [1.82, 2.24) is 15.1 Å². The van der Waals surface area contributed by atoms with Crippen LogP contribution in [0.2, 0.25) is 0 Å². The molecule has 0 spiro atoms. The maximum Gasteiger partial charge on any atom is 0.328 e. The molecular formula is C16H27N3O2. The molecule has 5 heteroatoms. The third-order valence-corrected chi connectivity index (χ3v) is 4.64. The molecule has 1 fully saturated rings. The molecular weight excluding hydrogens is 266 g/mol. The molecule has 1 aromatic heterocycles. The van der Waals surface area contributed by atoms with E-state index < -0.39 is 5.54 Å². The highest BCUT2D eigenvalue weighted by Crippen LogP contribution is 2.41. The third kappa shape index (κ3) is 2.84. The summed E-state index contributed by atoms with van der Waals surface area (Å²) in [5, 5.41) is 7.88. The van der Waals surface area contributed by atoms with E-state index in [9.17, 15) is 4.79 Å². The number of nitrogens with one attached hydrogen (secondary N) is 1. The zero-order valence-corrected chi connectivity index (χ0v) is 13.8. The zero-order chi connectivity index (χ0) is 15.6. The Labute approximate surface area is 127 Å². The second-order valence-corrected chi connectivity index (χ2v) is 5.88. The number of esters is 1. The van der Waals surface area contributed by atoms with E-state index in [1.54, 1.807) is 0 Å². The number of ether oxygens (including phenoxy) is 1. The monoisotopic (exact) mass is 293 g/mol. The summed E-state index contributed by atoms with van der Waals surface area (Å²) in [6, 6.07) is 0. The smallest absolute Gasteiger partial charge is 0.328 e. The zero-order valence-electron chi connectivity index (χ0n) is 13.8. The van der Waals surface area contributed by atoms with Gasteiger partial charge in [0.25, 0.3) is 0 Å². The summed E-state index contributed by atoms with van der Waals surface area (Å²) in [4.78, 5) is 12.5. The van der Waals surface area contributed by atoms with Crippen molar-refractivity contribution in [3.05, 3.63) is 17.0 Å². The second-order valence-electron chi connectivity index (χ2n) is 5.88. The SMILES string of the molecule is CCOC(=O)C(Cn1nc(C)c(CC)c1C)(NC)C1CC1. The van der Waals surface area contributed by atoms with Crippen LogP contribution in [0, 0.1) is 19.8 Å². The molecule has 1 aliphatic carbocycles. The van der Waals surface area contributed by atoms with Crippen LogP contribution in [0.1, 0.15) is 43.6 Å². The molecule has 5 nitrogen and oxygen atoms in total. The van der Waals surface area contributed by atoms with Crippen molar-refractivity contribution >= 4 is 5.97 Å². The predicted molar refractivity (Wildman–Crippen MR) is 82.2 cm³/mol. The topological polar surface area (TPSA) is 56.2 Å². The van der Waals surface area contributed by atoms with Crippen LogP contribution in [0.4, 0.5) is 0 Å². The number of aryl methyl sites for hydroxylation is 1. The van der Waals surface area contributed by atoms with Gasteiger partial charge in [-0.05, 0) is 58.6 Å². The first-order valence-electron chi connectivity index (χ1n) is 7.89. The van der Waals surface area contributed by atoms with Crippen molar-refractivity contribution in [2.24, 2.45) is 5.92 Å². The summed E-state index contributed by atoms with van der Waals surface area (Å²) in [6.07, 6.45) is 3.10. The van der Waals surface area contributed by atoms with Crippen LogP contribution in [-0.2, 0) is 22.5 Å². The van der Waals surface area contributed by atoms with Gasteiger partial charge in [0, 0.05) is 5.69 Å². The van der Waals surface area contributed by atoms with Crippen LogP contribution in [-0.4, -0.2) is 34.9 Å². The molecule has 1 N–H and O–H groups in total. The second kappa shape index (κ2) is 6.18. The van der Waals surface area contributed by atoms with E-state index in [2.05, 4.69) is 24.3 Å². The van der Waals surface area contributed by atoms with Crippen molar-refractivity contribution in [1.29, 1.82) is 0 Å². The average Bonchev–Trinajstić information content (AvgIpc) is 3.25. The lowest BCUT2D eigenvalue weighted by atomic mass is 9.93. The molecule has 0 saturated heterocycles.